The summed E-state index contributed by atoms with van der Waals surface area (Å²) < 4.78 is 0. The van der Waals surface area contributed by atoms with E-state index < -0.39 is 0 Å². The fourth-order valence-electron chi connectivity index (χ4n) is 1.88. The van der Waals surface area contributed by atoms with Crippen molar-refractivity contribution >= 4 is 18.3 Å². The SMILES string of the molecule is C=CCC(CC=C)C(=O)NC(CN)C1CC1.Cl. The first-order valence-corrected chi connectivity index (χ1v) is 5.95. The normalized spacial score (nSPS) is 15.9. The zero-order chi connectivity index (χ0) is 12.0. The number of carbonyl (C=O) groups excluding carboxylic acids is 1. The van der Waals surface area contributed by atoms with Crippen molar-refractivity contribution in [2.24, 2.45) is 17.6 Å². The number of hydrogen-bond acceptors (Lipinski definition) is 2. The van der Waals surface area contributed by atoms with E-state index in [0.29, 0.717) is 25.3 Å². The smallest absolute Gasteiger partial charge is 0.224 e. The van der Waals surface area contributed by atoms with Crippen LogP contribution >= 0.6 is 12.4 Å². The molecule has 1 rings (SSSR count). The molecule has 17 heavy (non-hydrogen) atoms. The summed E-state index contributed by atoms with van der Waals surface area (Å²) in [5.74, 6) is 0.645. The third-order valence-corrected chi connectivity index (χ3v) is 3.05. The molecule has 0 heterocycles. The standard InChI is InChI=1S/C13H22N2O.ClH/c1-3-5-11(6-4-2)13(16)15-12(9-14)10-7-8-10;/h3-4,10-12H,1-2,5-9,14H2,(H,15,16);1H. The van der Waals surface area contributed by atoms with Crippen molar-refractivity contribution in [3.05, 3.63) is 25.3 Å². The summed E-state index contributed by atoms with van der Waals surface area (Å²) in [6, 6.07) is 0.157. The molecule has 1 aliphatic carbocycles. The van der Waals surface area contributed by atoms with Crippen molar-refractivity contribution in [2.75, 3.05) is 6.54 Å². The van der Waals surface area contributed by atoms with E-state index in [1.54, 1.807) is 12.2 Å². The van der Waals surface area contributed by atoms with Crippen LogP contribution in [0, 0.1) is 11.8 Å². The monoisotopic (exact) mass is 258 g/mol. The highest BCUT2D eigenvalue weighted by atomic mass is 35.5. The van der Waals surface area contributed by atoms with Gasteiger partial charge in [0.25, 0.3) is 0 Å². The first kappa shape index (κ1) is 16.2. The van der Waals surface area contributed by atoms with Gasteiger partial charge in [-0.3, -0.25) is 4.79 Å². The molecule has 1 aliphatic rings. The molecular formula is C13H23ClN2O. The van der Waals surface area contributed by atoms with Crippen molar-refractivity contribution < 1.29 is 4.79 Å². The highest BCUT2D eigenvalue weighted by Gasteiger charge is 2.32. The molecule has 0 aromatic carbocycles. The molecule has 0 aromatic heterocycles. The summed E-state index contributed by atoms with van der Waals surface area (Å²) in [6.07, 6.45) is 7.33. The summed E-state index contributed by atoms with van der Waals surface area (Å²) in [4.78, 5) is 12.0. The second-order valence-electron chi connectivity index (χ2n) is 4.43. The molecule has 1 unspecified atom stereocenters. The Hall–Kier alpha value is -0.800. The van der Waals surface area contributed by atoms with E-state index in [1.807, 2.05) is 0 Å². The Morgan fingerprint density at radius 3 is 2.24 bits per heavy atom. The molecular weight excluding hydrogens is 236 g/mol. The molecule has 4 heteroatoms. The first-order chi connectivity index (χ1) is 7.72. The molecule has 1 saturated carbocycles. The molecule has 3 nitrogen and oxygen atoms in total. The number of nitrogens with one attached hydrogen (secondary N) is 1. The summed E-state index contributed by atoms with van der Waals surface area (Å²) in [6.45, 7) is 7.88. The van der Waals surface area contributed by atoms with Gasteiger partial charge in [-0.1, -0.05) is 12.2 Å². The van der Waals surface area contributed by atoms with Crippen molar-refractivity contribution in [2.45, 2.75) is 31.7 Å². The van der Waals surface area contributed by atoms with Gasteiger partial charge in [0.05, 0.1) is 0 Å². The largest absolute Gasteiger partial charge is 0.352 e. The van der Waals surface area contributed by atoms with Gasteiger partial charge < -0.3 is 11.1 Å². The van der Waals surface area contributed by atoms with Gasteiger partial charge in [-0.2, -0.15) is 0 Å². The fraction of sp³-hybridized carbons (Fsp3) is 0.615. The van der Waals surface area contributed by atoms with Crippen molar-refractivity contribution in [1.29, 1.82) is 0 Å². The summed E-state index contributed by atoms with van der Waals surface area (Å²) in [7, 11) is 0. The lowest BCUT2D eigenvalue weighted by Crippen LogP contribution is -2.44. The van der Waals surface area contributed by atoms with Gasteiger partial charge in [0.2, 0.25) is 5.91 Å². The van der Waals surface area contributed by atoms with E-state index in [0.717, 1.165) is 0 Å². The second kappa shape index (κ2) is 8.31. The molecule has 0 aliphatic heterocycles. The van der Waals surface area contributed by atoms with Crippen molar-refractivity contribution in [1.82, 2.24) is 5.32 Å². The van der Waals surface area contributed by atoms with Gasteiger partial charge in [-0.05, 0) is 31.6 Å². The predicted molar refractivity (Wildman–Crippen MR) is 74.1 cm³/mol. The van der Waals surface area contributed by atoms with Gasteiger partial charge >= 0.3 is 0 Å². The highest BCUT2D eigenvalue weighted by Crippen LogP contribution is 2.32. The molecule has 0 radical (unpaired) electrons. The zero-order valence-corrected chi connectivity index (χ0v) is 11.0. The Morgan fingerprint density at radius 1 is 1.35 bits per heavy atom. The minimum absolute atomic E-state index is 0. The molecule has 3 N–H and O–H groups in total. The van der Waals surface area contributed by atoms with Gasteiger partial charge in [0.1, 0.15) is 0 Å². The minimum atomic E-state index is -0.0391. The average molecular weight is 259 g/mol. The lowest BCUT2D eigenvalue weighted by Gasteiger charge is -2.20. The maximum atomic E-state index is 12.0. The third-order valence-electron chi connectivity index (χ3n) is 3.05. The maximum absolute atomic E-state index is 12.0. The summed E-state index contributed by atoms with van der Waals surface area (Å²) in [5, 5.41) is 3.04. The molecule has 1 fully saturated rings. The fourth-order valence-corrected chi connectivity index (χ4v) is 1.88. The van der Waals surface area contributed by atoms with Crippen LogP contribution in [0.2, 0.25) is 0 Å². The van der Waals surface area contributed by atoms with Crippen LogP contribution in [0.5, 0.6) is 0 Å². The van der Waals surface area contributed by atoms with Crippen LogP contribution in [0.4, 0.5) is 0 Å². The summed E-state index contributed by atoms with van der Waals surface area (Å²) in [5.41, 5.74) is 5.66. The lowest BCUT2D eigenvalue weighted by atomic mass is 9.99. The third kappa shape index (κ3) is 5.37. The van der Waals surface area contributed by atoms with Crippen molar-refractivity contribution in [3.63, 3.8) is 0 Å². The Labute approximate surface area is 110 Å². The van der Waals surface area contributed by atoms with Crippen LogP contribution in [0.25, 0.3) is 0 Å². The second-order valence-corrected chi connectivity index (χ2v) is 4.43. The molecule has 1 amide bonds. The minimum Gasteiger partial charge on any atom is -0.352 e. The Balaban J connectivity index is 0.00000256. The molecule has 1 atom stereocenters. The lowest BCUT2D eigenvalue weighted by molar-refractivity contribution is -0.125. The number of rotatable bonds is 8. The molecule has 0 bridgehead atoms. The number of allylic oxidation sites excluding steroid dienone is 2. The van der Waals surface area contributed by atoms with Gasteiger partial charge in [0, 0.05) is 18.5 Å². The molecule has 0 saturated heterocycles. The van der Waals surface area contributed by atoms with Crippen LogP contribution in [0.3, 0.4) is 0 Å². The number of amides is 1. The van der Waals surface area contributed by atoms with Crippen LogP contribution in [0.15, 0.2) is 25.3 Å². The van der Waals surface area contributed by atoms with Gasteiger partial charge in [0.15, 0.2) is 0 Å². The number of carbonyl (C=O) groups is 1. The van der Waals surface area contributed by atoms with Gasteiger partial charge in [-0.15, -0.1) is 25.6 Å². The van der Waals surface area contributed by atoms with E-state index in [4.69, 9.17) is 5.73 Å². The topological polar surface area (TPSA) is 55.1 Å². The predicted octanol–water partition coefficient (Wildman–Crippen LogP) is 2.03. The summed E-state index contributed by atoms with van der Waals surface area (Å²) >= 11 is 0. The van der Waals surface area contributed by atoms with E-state index in [2.05, 4.69) is 18.5 Å². The zero-order valence-electron chi connectivity index (χ0n) is 10.2. The van der Waals surface area contributed by atoms with E-state index in [-0.39, 0.29) is 30.3 Å². The quantitative estimate of drug-likeness (QED) is 0.655. The van der Waals surface area contributed by atoms with E-state index in [9.17, 15) is 4.79 Å². The average Bonchev–Trinajstić information content (AvgIpc) is 3.09. The number of nitrogens with two attached hydrogens (primary N) is 1. The molecule has 98 valence electrons. The number of hydrogen-bond donors (Lipinski definition) is 2. The molecule has 0 spiro atoms. The number of halogens is 1. The highest BCUT2D eigenvalue weighted by molar-refractivity contribution is 5.85. The van der Waals surface area contributed by atoms with E-state index >= 15 is 0 Å². The maximum Gasteiger partial charge on any atom is 0.224 e. The van der Waals surface area contributed by atoms with Gasteiger partial charge in [-0.25, -0.2) is 0 Å². The Bertz CT molecular complexity index is 254. The first-order valence-electron chi connectivity index (χ1n) is 5.95. The van der Waals surface area contributed by atoms with Crippen LogP contribution in [-0.2, 0) is 4.79 Å². The van der Waals surface area contributed by atoms with Crippen molar-refractivity contribution in [3.8, 4) is 0 Å². The van der Waals surface area contributed by atoms with Crippen LogP contribution in [-0.4, -0.2) is 18.5 Å². The van der Waals surface area contributed by atoms with Crippen LogP contribution < -0.4 is 11.1 Å². The van der Waals surface area contributed by atoms with Crippen LogP contribution in [0.1, 0.15) is 25.7 Å². The Kier molecular flexibility index (Phi) is 7.92. The molecule has 0 aromatic rings. The van der Waals surface area contributed by atoms with E-state index in [1.165, 1.54) is 12.8 Å². The Morgan fingerprint density at radius 2 is 1.88 bits per heavy atom.